The predicted octanol–water partition coefficient (Wildman–Crippen LogP) is 7.27. The van der Waals surface area contributed by atoms with Crippen LogP contribution in [0, 0.1) is 17.8 Å². The number of aryl methyl sites for hydroxylation is 1. The lowest BCUT2D eigenvalue weighted by atomic mass is 9.71. The first-order valence-electron chi connectivity index (χ1n) is 14.1. The summed E-state index contributed by atoms with van der Waals surface area (Å²) < 4.78 is 23.5. The highest BCUT2D eigenvalue weighted by Crippen LogP contribution is 2.41. The summed E-state index contributed by atoms with van der Waals surface area (Å²) in [7, 11) is -2.01. The number of allylic oxidation sites excluding steroid dienone is 2. The molecule has 2 aliphatic heterocycles. The molecule has 2 heterocycles. The Balaban J connectivity index is 1.59. The first kappa shape index (κ1) is 27.3. The van der Waals surface area contributed by atoms with Crippen LogP contribution in [0.3, 0.4) is 0 Å². The number of nitrogens with zero attached hydrogens (tertiary/aromatic N) is 2. The van der Waals surface area contributed by atoms with Crippen LogP contribution < -0.4 is 9.64 Å². The Labute approximate surface area is 233 Å². The molecule has 1 aliphatic carbocycles. The lowest BCUT2D eigenvalue weighted by Crippen LogP contribution is -2.38. The van der Waals surface area contributed by atoms with Gasteiger partial charge in [0, 0.05) is 39.5 Å². The minimum atomic E-state index is -2.01. The maximum Gasteiger partial charge on any atom is 0.284 e. The number of carbonyl (C=O) groups is 1. The number of fused-ring (bicyclic) bond motifs is 3. The summed E-state index contributed by atoms with van der Waals surface area (Å²) in [6.07, 6.45) is 11.8. The summed E-state index contributed by atoms with van der Waals surface area (Å²) in [6.45, 7) is 6.27. The molecular weight excluding hydrogens is 516 g/mol. The van der Waals surface area contributed by atoms with E-state index in [1.165, 1.54) is 24.0 Å². The summed E-state index contributed by atoms with van der Waals surface area (Å²) in [5.41, 5.74) is 3.92. The SMILES string of the molecule is C[C@@H]1[C@@H](C)C/C=C\C[C@@H]2CC[C@H]2CN2Cc3ccc(Cl)cc3CCCCOc3ccc(cc32)C(=O)/N=[SH]\1=O. The van der Waals surface area contributed by atoms with E-state index in [2.05, 4.69) is 40.5 Å². The number of benzene rings is 2. The highest BCUT2D eigenvalue weighted by Gasteiger charge is 2.32. The van der Waals surface area contributed by atoms with Gasteiger partial charge in [0.15, 0.2) is 0 Å². The second-order valence-electron chi connectivity index (χ2n) is 11.2. The largest absolute Gasteiger partial charge is 0.491 e. The Morgan fingerprint density at radius 3 is 2.63 bits per heavy atom. The van der Waals surface area contributed by atoms with Gasteiger partial charge in [-0.15, -0.1) is 0 Å². The van der Waals surface area contributed by atoms with Crippen LogP contribution in [0.1, 0.15) is 73.9 Å². The number of anilines is 1. The van der Waals surface area contributed by atoms with Crippen molar-refractivity contribution < 1.29 is 13.7 Å². The van der Waals surface area contributed by atoms with Crippen LogP contribution >= 0.6 is 11.6 Å². The van der Waals surface area contributed by atoms with Gasteiger partial charge in [0.25, 0.3) is 5.91 Å². The fourth-order valence-electron chi connectivity index (χ4n) is 5.76. The lowest BCUT2D eigenvalue weighted by molar-refractivity contribution is 0.100. The summed E-state index contributed by atoms with van der Waals surface area (Å²) in [6, 6.07) is 11.8. The molecule has 5 rings (SSSR count). The molecule has 1 amide bonds. The fourth-order valence-corrected chi connectivity index (χ4v) is 6.99. The Morgan fingerprint density at radius 1 is 1.00 bits per heavy atom. The Hall–Kier alpha value is -2.31. The molecule has 0 saturated heterocycles. The Kier molecular flexibility index (Phi) is 8.79. The topological polar surface area (TPSA) is 59.0 Å². The van der Waals surface area contributed by atoms with Crippen molar-refractivity contribution in [2.75, 3.05) is 18.1 Å². The molecule has 2 aromatic carbocycles. The molecule has 0 radical (unpaired) electrons. The molecule has 1 unspecified atom stereocenters. The molecule has 2 bridgehead atoms. The minimum Gasteiger partial charge on any atom is -0.491 e. The van der Waals surface area contributed by atoms with Gasteiger partial charge in [-0.25, -0.2) is 0 Å². The summed E-state index contributed by atoms with van der Waals surface area (Å²) in [5.74, 6) is 1.80. The van der Waals surface area contributed by atoms with Crippen molar-refractivity contribution in [3.05, 3.63) is 70.3 Å². The van der Waals surface area contributed by atoms with Crippen LogP contribution in [-0.4, -0.2) is 28.5 Å². The molecule has 2 aromatic rings. The quantitative estimate of drug-likeness (QED) is 0.275. The summed E-state index contributed by atoms with van der Waals surface area (Å²) in [5, 5.41) is 0.604. The molecule has 5 atom stereocenters. The normalized spacial score (nSPS) is 29.8. The maximum atomic E-state index is 13.2. The first-order valence-corrected chi connectivity index (χ1v) is 15.7. The van der Waals surface area contributed by atoms with Crippen molar-refractivity contribution in [2.45, 2.75) is 70.6 Å². The molecule has 0 N–H and O–H groups in total. The van der Waals surface area contributed by atoms with E-state index in [4.69, 9.17) is 16.3 Å². The number of amides is 1. The zero-order valence-electron chi connectivity index (χ0n) is 22.4. The van der Waals surface area contributed by atoms with E-state index in [9.17, 15) is 9.00 Å². The van der Waals surface area contributed by atoms with Crippen molar-refractivity contribution in [3.63, 3.8) is 0 Å². The third-order valence-electron chi connectivity index (χ3n) is 8.68. The summed E-state index contributed by atoms with van der Waals surface area (Å²) in [4.78, 5) is 15.6. The van der Waals surface area contributed by atoms with Crippen LogP contribution in [0.4, 0.5) is 5.69 Å². The van der Waals surface area contributed by atoms with Crippen molar-refractivity contribution in [3.8, 4) is 5.75 Å². The van der Waals surface area contributed by atoms with Crippen LogP contribution in [0.15, 0.2) is 52.9 Å². The average molecular weight is 555 g/mol. The fraction of sp³-hybridized carbons (Fsp3) is 0.516. The summed E-state index contributed by atoms with van der Waals surface area (Å²) >= 11 is 6.39. The van der Waals surface area contributed by atoms with E-state index in [0.717, 1.165) is 61.7 Å². The molecular formula is C31H39ClN2O3S. The van der Waals surface area contributed by atoms with Gasteiger partial charge < -0.3 is 9.64 Å². The number of hydrogen-bond donors (Lipinski definition) is 1. The van der Waals surface area contributed by atoms with Gasteiger partial charge in [-0.1, -0.05) is 36.7 Å². The molecule has 1 saturated carbocycles. The maximum absolute atomic E-state index is 13.2. The van der Waals surface area contributed by atoms with Crippen LogP contribution in [0.5, 0.6) is 5.75 Å². The van der Waals surface area contributed by atoms with Crippen molar-refractivity contribution in [2.24, 2.45) is 22.1 Å². The third-order valence-corrected chi connectivity index (χ3v) is 10.5. The smallest absolute Gasteiger partial charge is 0.284 e. The second kappa shape index (κ2) is 12.3. The molecule has 1 fully saturated rings. The molecule has 7 heteroatoms. The van der Waals surface area contributed by atoms with E-state index in [1.54, 1.807) is 6.07 Å². The van der Waals surface area contributed by atoms with Crippen molar-refractivity contribution in [1.29, 1.82) is 0 Å². The minimum absolute atomic E-state index is 0.161. The Morgan fingerprint density at radius 2 is 1.82 bits per heavy atom. The Bertz CT molecular complexity index is 1290. The van der Waals surface area contributed by atoms with Gasteiger partial charge in [0.2, 0.25) is 0 Å². The zero-order chi connectivity index (χ0) is 26.6. The van der Waals surface area contributed by atoms with Crippen LogP contribution in [-0.2, 0) is 23.6 Å². The number of hydrogen-bond acceptors (Lipinski definition) is 4. The molecule has 0 aromatic heterocycles. The van der Waals surface area contributed by atoms with Gasteiger partial charge in [0.1, 0.15) is 5.75 Å². The van der Waals surface area contributed by atoms with E-state index < -0.39 is 16.5 Å². The van der Waals surface area contributed by atoms with Gasteiger partial charge >= 0.3 is 0 Å². The van der Waals surface area contributed by atoms with Gasteiger partial charge in [-0.05, 0) is 111 Å². The van der Waals surface area contributed by atoms with Crippen LogP contribution in [0.2, 0.25) is 5.02 Å². The number of carbonyl (C=O) groups excluding carboxylic acids is 1. The van der Waals surface area contributed by atoms with Gasteiger partial charge in [-0.2, -0.15) is 4.36 Å². The van der Waals surface area contributed by atoms with Gasteiger partial charge in [-0.3, -0.25) is 9.00 Å². The number of ether oxygens (including phenoxy) is 1. The van der Waals surface area contributed by atoms with E-state index in [0.29, 0.717) is 24.0 Å². The molecule has 38 heavy (non-hydrogen) atoms. The van der Waals surface area contributed by atoms with E-state index in [1.807, 2.05) is 25.1 Å². The van der Waals surface area contributed by atoms with E-state index >= 15 is 0 Å². The van der Waals surface area contributed by atoms with E-state index in [-0.39, 0.29) is 11.2 Å². The first-order chi connectivity index (χ1) is 18.4. The molecule has 204 valence electrons. The van der Waals surface area contributed by atoms with Crippen LogP contribution in [0.25, 0.3) is 0 Å². The monoisotopic (exact) mass is 554 g/mol. The number of halogens is 1. The number of rotatable bonds is 0. The third kappa shape index (κ3) is 6.28. The predicted molar refractivity (Wildman–Crippen MR) is 157 cm³/mol. The highest BCUT2D eigenvalue weighted by molar-refractivity contribution is 7.76. The molecule has 5 nitrogen and oxygen atoms in total. The highest BCUT2D eigenvalue weighted by atomic mass is 35.5. The lowest BCUT2D eigenvalue weighted by Gasteiger charge is -2.41. The zero-order valence-corrected chi connectivity index (χ0v) is 24.1. The average Bonchev–Trinajstić information content (AvgIpc) is 2.92. The number of thiol groups is 1. The second-order valence-corrected chi connectivity index (χ2v) is 13.3. The van der Waals surface area contributed by atoms with Gasteiger partial charge in [0.05, 0.1) is 12.3 Å². The standard InChI is InChI=1S/C31H39ClN2O3S/c1-21-7-3-4-8-23-10-11-26(23)19-34-20-27-12-14-28(32)17-24(27)9-5-6-16-37-30-15-13-25(18-29(30)34)31(35)33-38(36)22(21)2/h3-4,12-15,17-18,21-23,26,38H,5-11,16,19-20H2,1-2H3/b4-3-/t21-,22+,23+,26-/m0/s1. The molecule has 0 spiro atoms. The van der Waals surface area contributed by atoms with Crippen molar-refractivity contribution >= 4 is 33.8 Å². The molecule has 3 aliphatic rings. The van der Waals surface area contributed by atoms with Crippen molar-refractivity contribution in [1.82, 2.24) is 0 Å².